The molecule has 80 valence electrons. The first kappa shape index (κ1) is 9.98. The number of hydrogen-bond acceptors (Lipinski definition) is 3. The lowest BCUT2D eigenvalue weighted by Gasteiger charge is -2.13. The maximum Gasteiger partial charge on any atom is 0.228 e. The van der Waals surface area contributed by atoms with Crippen molar-refractivity contribution in [3.63, 3.8) is 0 Å². The largest absolute Gasteiger partial charge is 0.489 e. The number of carbonyl (C=O) groups excluding carboxylic acids is 1. The molecule has 0 aliphatic carbocycles. The second-order valence-electron chi connectivity index (χ2n) is 3.71. The summed E-state index contributed by atoms with van der Waals surface area (Å²) in [6.07, 6.45) is 0.447. The molecule has 1 heterocycles. The molecule has 1 aliphatic heterocycles. The lowest BCUT2D eigenvalue weighted by atomic mass is 10.1. The number of carbonyl (C=O) groups is 1. The van der Waals surface area contributed by atoms with Crippen LogP contribution in [0.25, 0.3) is 0 Å². The number of ether oxygens (including phenoxy) is 1. The van der Waals surface area contributed by atoms with Crippen LogP contribution < -0.4 is 15.8 Å². The van der Waals surface area contributed by atoms with Gasteiger partial charge >= 0.3 is 0 Å². The van der Waals surface area contributed by atoms with Crippen LogP contribution in [0.1, 0.15) is 12.5 Å². The molecule has 1 aromatic rings. The number of amides is 1. The van der Waals surface area contributed by atoms with E-state index in [9.17, 15) is 4.79 Å². The first-order valence-corrected chi connectivity index (χ1v) is 4.98. The van der Waals surface area contributed by atoms with Crippen molar-refractivity contribution in [1.29, 1.82) is 0 Å². The Morgan fingerprint density at radius 2 is 2.40 bits per heavy atom. The topological polar surface area (TPSA) is 64.3 Å². The van der Waals surface area contributed by atoms with Gasteiger partial charge in [-0.15, -0.1) is 0 Å². The van der Waals surface area contributed by atoms with Crippen molar-refractivity contribution in [2.45, 2.75) is 19.4 Å². The van der Waals surface area contributed by atoms with E-state index in [-0.39, 0.29) is 12.0 Å². The summed E-state index contributed by atoms with van der Waals surface area (Å²) in [6, 6.07) is 5.61. The lowest BCUT2D eigenvalue weighted by Crippen LogP contribution is -2.22. The Kier molecular flexibility index (Phi) is 2.60. The Bertz CT molecular complexity index is 390. The van der Waals surface area contributed by atoms with Crippen LogP contribution in [-0.2, 0) is 11.2 Å². The fourth-order valence-electron chi connectivity index (χ4n) is 1.55. The van der Waals surface area contributed by atoms with Gasteiger partial charge in [0.15, 0.2) is 0 Å². The smallest absolute Gasteiger partial charge is 0.228 e. The predicted octanol–water partition coefficient (Wildman–Crippen LogP) is 0.907. The summed E-state index contributed by atoms with van der Waals surface area (Å²) in [5.74, 6) is 0.780. The van der Waals surface area contributed by atoms with Gasteiger partial charge in [0.2, 0.25) is 5.91 Å². The fraction of sp³-hybridized carbons (Fsp3) is 0.364. The molecule has 0 bridgehead atoms. The molecule has 3 N–H and O–H groups in total. The first-order chi connectivity index (χ1) is 7.19. The van der Waals surface area contributed by atoms with E-state index < -0.39 is 0 Å². The molecule has 4 heteroatoms. The average molecular weight is 206 g/mol. The van der Waals surface area contributed by atoms with Crippen LogP contribution in [0.3, 0.4) is 0 Å². The van der Waals surface area contributed by atoms with Crippen molar-refractivity contribution in [3.8, 4) is 5.75 Å². The molecule has 15 heavy (non-hydrogen) atoms. The van der Waals surface area contributed by atoms with Crippen LogP contribution in [0.15, 0.2) is 18.2 Å². The van der Waals surface area contributed by atoms with Gasteiger partial charge in [-0.05, 0) is 18.6 Å². The monoisotopic (exact) mass is 206 g/mol. The van der Waals surface area contributed by atoms with Gasteiger partial charge < -0.3 is 15.8 Å². The normalized spacial score (nSPS) is 15.7. The average Bonchev–Trinajstić information content (AvgIpc) is 2.57. The number of nitrogens with two attached hydrogens (primary N) is 1. The number of nitrogens with one attached hydrogen (secondary N) is 1. The van der Waals surface area contributed by atoms with Crippen molar-refractivity contribution in [3.05, 3.63) is 23.8 Å². The minimum atomic E-state index is -0.0137. The van der Waals surface area contributed by atoms with Crippen LogP contribution >= 0.6 is 0 Å². The molecule has 1 atom stereocenters. The van der Waals surface area contributed by atoms with Crippen molar-refractivity contribution in [1.82, 2.24) is 0 Å². The zero-order chi connectivity index (χ0) is 10.8. The molecule has 1 aromatic carbocycles. The molecular formula is C11H14N2O2. The number of benzene rings is 1. The molecule has 0 fully saturated rings. The fourth-order valence-corrected chi connectivity index (χ4v) is 1.55. The Labute approximate surface area is 88.4 Å². The van der Waals surface area contributed by atoms with E-state index in [0.717, 1.165) is 17.0 Å². The maximum absolute atomic E-state index is 11.1. The van der Waals surface area contributed by atoms with Crippen molar-refractivity contribution in [2.24, 2.45) is 5.73 Å². The van der Waals surface area contributed by atoms with Gasteiger partial charge in [0.1, 0.15) is 11.9 Å². The molecule has 0 saturated heterocycles. The molecule has 0 aromatic heterocycles. The Balaban J connectivity index is 2.16. The van der Waals surface area contributed by atoms with E-state index in [0.29, 0.717) is 13.0 Å². The van der Waals surface area contributed by atoms with Crippen LogP contribution in [0.5, 0.6) is 5.75 Å². The van der Waals surface area contributed by atoms with Gasteiger partial charge in [-0.1, -0.05) is 6.07 Å². The third-order valence-corrected chi connectivity index (χ3v) is 2.38. The molecule has 1 aliphatic rings. The molecule has 0 spiro atoms. The van der Waals surface area contributed by atoms with E-state index in [1.807, 2.05) is 25.1 Å². The lowest BCUT2D eigenvalue weighted by molar-refractivity contribution is -0.115. The number of fused-ring (bicyclic) bond motifs is 1. The maximum atomic E-state index is 11.1. The second kappa shape index (κ2) is 3.90. The van der Waals surface area contributed by atoms with Crippen LogP contribution in [0.4, 0.5) is 5.69 Å². The van der Waals surface area contributed by atoms with Crippen LogP contribution in [0.2, 0.25) is 0 Å². The summed E-state index contributed by atoms with van der Waals surface area (Å²) in [5.41, 5.74) is 7.33. The first-order valence-electron chi connectivity index (χ1n) is 4.98. The zero-order valence-electron chi connectivity index (χ0n) is 8.62. The van der Waals surface area contributed by atoms with Gasteiger partial charge in [0, 0.05) is 18.3 Å². The van der Waals surface area contributed by atoms with Crippen LogP contribution in [-0.4, -0.2) is 18.6 Å². The zero-order valence-corrected chi connectivity index (χ0v) is 8.62. The van der Waals surface area contributed by atoms with Gasteiger partial charge in [0.25, 0.3) is 0 Å². The Morgan fingerprint density at radius 1 is 1.60 bits per heavy atom. The summed E-state index contributed by atoms with van der Waals surface area (Å²) in [4.78, 5) is 11.1. The van der Waals surface area contributed by atoms with Crippen molar-refractivity contribution in [2.75, 3.05) is 11.9 Å². The third kappa shape index (κ3) is 2.10. The summed E-state index contributed by atoms with van der Waals surface area (Å²) in [5, 5.41) is 2.78. The summed E-state index contributed by atoms with van der Waals surface area (Å²) >= 11 is 0. The molecule has 4 nitrogen and oxygen atoms in total. The highest BCUT2D eigenvalue weighted by Gasteiger charge is 2.17. The number of rotatable bonds is 3. The number of anilines is 1. The quantitative estimate of drug-likeness (QED) is 0.772. The minimum Gasteiger partial charge on any atom is -0.489 e. The SMILES string of the molecule is CC(CN)Oc1ccc2c(c1)NC(=O)C2. The van der Waals surface area contributed by atoms with Crippen molar-refractivity contribution >= 4 is 11.6 Å². The highest BCUT2D eigenvalue weighted by Crippen LogP contribution is 2.27. The van der Waals surface area contributed by atoms with Gasteiger partial charge in [-0.3, -0.25) is 4.79 Å². The van der Waals surface area contributed by atoms with E-state index in [1.54, 1.807) is 0 Å². The third-order valence-electron chi connectivity index (χ3n) is 2.38. The highest BCUT2D eigenvalue weighted by atomic mass is 16.5. The Hall–Kier alpha value is -1.55. The summed E-state index contributed by atoms with van der Waals surface area (Å²) < 4.78 is 5.55. The van der Waals surface area contributed by atoms with E-state index in [4.69, 9.17) is 10.5 Å². The standard InChI is InChI=1S/C11H14N2O2/c1-7(6-12)15-9-3-2-8-4-11(14)13-10(8)5-9/h2-3,5,7H,4,6,12H2,1H3,(H,13,14). The molecule has 0 radical (unpaired) electrons. The molecule has 1 amide bonds. The summed E-state index contributed by atoms with van der Waals surface area (Å²) in [7, 11) is 0. The predicted molar refractivity (Wildman–Crippen MR) is 57.9 cm³/mol. The minimum absolute atomic E-state index is 0.0137. The molecule has 1 unspecified atom stereocenters. The van der Waals surface area contributed by atoms with Crippen molar-refractivity contribution < 1.29 is 9.53 Å². The van der Waals surface area contributed by atoms with Crippen LogP contribution in [0, 0.1) is 0 Å². The molecule has 0 saturated carbocycles. The Morgan fingerprint density at radius 3 is 3.13 bits per heavy atom. The van der Waals surface area contributed by atoms with E-state index >= 15 is 0 Å². The van der Waals surface area contributed by atoms with Gasteiger partial charge in [0.05, 0.1) is 6.42 Å². The highest BCUT2D eigenvalue weighted by molar-refractivity contribution is 5.99. The molecule has 2 rings (SSSR count). The second-order valence-corrected chi connectivity index (χ2v) is 3.71. The summed E-state index contributed by atoms with van der Waals surface area (Å²) in [6.45, 7) is 2.38. The molecular weight excluding hydrogens is 192 g/mol. The van der Waals surface area contributed by atoms with E-state index in [2.05, 4.69) is 5.32 Å². The number of hydrogen-bond donors (Lipinski definition) is 2. The van der Waals surface area contributed by atoms with E-state index in [1.165, 1.54) is 0 Å². The van der Waals surface area contributed by atoms with Gasteiger partial charge in [-0.2, -0.15) is 0 Å². The van der Waals surface area contributed by atoms with Gasteiger partial charge in [-0.25, -0.2) is 0 Å².